The summed E-state index contributed by atoms with van der Waals surface area (Å²) >= 11 is 0. The maximum atomic E-state index is 13.1. The highest BCUT2D eigenvalue weighted by molar-refractivity contribution is 5.79. The second-order valence-electron chi connectivity index (χ2n) is 7.55. The van der Waals surface area contributed by atoms with Crippen molar-refractivity contribution in [1.29, 1.82) is 0 Å². The maximum Gasteiger partial charge on any atom is 0.225 e. The van der Waals surface area contributed by atoms with E-state index in [4.69, 9.17) is 4.74 Å². The molecule has 3 fully saturated rings. The molecular weight excluding hydrogens is 304 g/mol. The topological polar surface area (TPSA) is 49.9 Å². The molecule has 1 saturated carbocycles. The highest BCUT2D eigenvalue weighted by Gasteiger charge is 2.31. The Balaban J connectivity index is 1.56. The van der Waals surface area contributed by atoms with Gasteiger partial charge in [0.2, 0.25) is 11.8 Å². The van der Waals surface area contributed by atoms with Gasteiger partial charge in [0.1, 0.15) is 0 Å². The summed E-state index contributed by atoms with van der Waals surface area (Å²) in [7, 11) is 0. The molecule has 0 aromatic heterocycles. The van der Waals surface area contributed by atoms with Crippen molar-refractivity contribution in [3.8, 4) is 0 Å². The summed E-state index contributed by atoms with van der Waals surface area (Å²) in [5.41, 5.74) is 0. The molecule has 0 spiro atoms. The molecule has 2 amide bonds. The molecule has 0 unspecified atom stereocenters. The summed E-state index contributed by atoms with van der Waals surface area (Å²) in [6, 6.07) is 0.336. The Labute approximate surface area is 145 Å². The summed E-state index contributed by atoms with van der Waals surface area (Å²) in [4.78, 5) is 29.0. The molecule has 3 rings (SSSR count). The monoisotopic (exact) mass is 336 g/mol. The minimum absolute atomic E-state index is 0.231. The fourth-order valence-corrected chi connectivity index (χ4v) is 4.43. The van der Waals surface area contributed by atoms with Gasteiger partial charge in [-0.3, -0.25) is 9.59 Å². The molecule has 136 valence electrons. The lowest BCUT2D eigenvalue weighted by Crippen LogP contribution is -2.47. The van der Waals surface area contributed by atoms with Gasteiger partial charge in [0, 0.05) is 51.2 Å². The zero-order chi connectivity index (χ0) is 16.8. The average Bonchev–Trinajstić information content (AvgIpc) is 3.05. The van der Waals surface area contributed by atoms with Gasteiger partial charge in [-0.05, 0) is 38.5 Å². The molecule has 5 nitrogen and oxygen atoms in total. The first-order chi connectivity index (χ1) is 11.8. The van der Waals surface area contributed by atoms with E-state index in [2.05, 4.69) is 4.90 Å². The van der Waals surface area contributed by atoms with Crippen LogP contribution in [0.5, 0.6) is 0 Å². The lowest BCUT2D eigenvalue weighted by Gasteiger charge is -2.37. The van der Waals surface area contributed by atoms with Crippen LogP contribution in [-0.4, -0.2) is 60.5 Å². The van der Waals surface area contributed by atoms with E-state index in [1.807, 2.05) is 4.90 Å². The highest BCUT2D eigenvalue weighted by Crippen LogP contribution is 2.28. The number of rotatable bonds is 6. The van der Waals surface area contributed by atoms with Gasteiger partial charge in [-0.25, -0.2) is 0 Å². The second-order valence-corrected chi connectivity index (χ2v) is 7.55. The zero-order valence-corrected chi connectivity index (χ0v) is 14.9. The van der Waals surface area contributed by atoms with E-state index in [0.717, 1.165) is 71.4 Å². The van der Waals surface area contributed by atoms with Gasteiger partial charge in [0.05, 0.1) is 0 Å². The molecule has 0 bridgehead atoms. The molecule has 0 aromatic rings. The van der Waals surface area contributed by atoms with Crippen molar-refractivity contribution >= 4 is 11.8 Å². The molecule has 2 aliphatic heterocycles. The van der Waals surface area contributed by atoms with Crippen LogP contribution in [0.3, 0.4) is 0 Å². The fraction of sp³-hybridized carbons (Fsp3) is 0.895. The van der Waals surface area contributed by atoms with E-state index in [0.29, 0.717) is 18.4 Å². The van der Waals surface area contributed by atoms with Crippen molar-refractivity contribution in [2.24, 2.45) is 5.92 Å². The van der Waals surface area contributed by atoms with Crippen molar-refractivity contribution < 1.29 is 14.3 Å². The SMILES string of the molecule is O=C1CCCN1CCCN(C(=O)C1CCCCC1)C1CCOCC1. The normalized spacial score (nSPS) is 23.7. The van der Waals surface area contributed by atoms with Gasteiger partial charge < -0.3 is 14.5 Å². The Hall–Kier alpha value is -1.10. The van der Waals surface area contributed by atoms with Crippen molar-refractivity contribution in [1.82, 2.24) is 9.80 Å². The minimum atomic E-state index is 0.231. The van der Waals surface area contributed by atoms with Crippen LogP contribution in [0.4, 0.5) is 0 Å². The molecule has 2 saturated heterocycles. The first-order valence-electron chi connectivity index (χ1n) is 9.91. The molecule has 0 atom stereocenters. The Kier molecular flexibility index (Phi) is 6.52. The molecule has 3 aliphatic rings. The van der Waals surface area contributed by atoms with Gasteiger partial charge in [0.25, 0.3) is 0 Å². The van der Waals surface area contributed by atoms with Crippen LogP contribution in [-0.2, 0) is 14.3 Å². The third kappa shape index (κ3) is 4.50. The molecule has 24 heavy (non-hydrogen) atoms. The predicted octanol–water partition coefficient (Wildman–Crippen LogP) is 2.59. The third-order valence-electron chi connectivity index (χ3n) is 5.87. The Morgan fingerprint density at radius 3 is 2.50 bits per heavy atom. The standard InChI is InChI=1S/C19H32N2O3/c22-18-8-4-11-20(18)12-5-13-21(17-9-14-24-15-10-17)19(23)16-6-2-1-3-7-16/h16-17H,1-15H2. The summed E-state index contributed by atoms with van der Waals surface area (Å²) < 4.78 is 5.48. The van der Waals surface area contributed by atoms with E-state index in [1.54, 1.807) is 0 Å². The van der Waals surface area contributed by atoms with Crippen molar-refractivity contribution in [2.45, 2.75) is 70.3 Å². The van der Waals surface area contributed by atoms with Crippen molar-refractivity contribution in [3.05, 3.63) is 0 Å². The Morgan fingerprint density at radius 1 is 1.08 bits per heavy atom. The second kappa shape index (κ2) is 8.84. The van der Waals surface area contributed by atoms with Crippen LogP contribution in [0.2, 0.25) is 0 Å². The van der Waals surface area contributed by atoms with Gasteiger partial charge >= 0.3 is 0 Å². The average molecular weight is 336 g/mol. The zero-order valence-electron chi connectivity index (χ0n) is 14.9. The molecule has 0 N–H and O–H groups in total. The Bertz CT molecular complexity index is 428. The molecule has 0 radical (unpaired) electrons. The largest absolute Gasteiger partial charge is 0.381 e. The van der Waals surface area contributed by atoms with Crippen LogP contribution >= 0.6 is 0 Å². The number of ether oxygens (including phenoxy) is 1. The number of likely N-dealkylation sites (tertiary alicyclic amines) is 1. The minimum Gasteiger partial charge on any atom is -0.381 e. The number of hydrogen-bond donors (Lipinski definition) is 0. The van der Waals surface area contributed by atoms with Crippen LogP contribution < -0.4 is 0 Å². The molecule has 2 heterocycles. The smallest absolute Gasteiger partial charge is 0.225 e. The lowest BCUT2D eigenvalue weighted by molar-refractivity contribution is -0.141. The number of hydrogen-bond acceptors (Lipinski definition) is 3. The number of carbonyl (C=O) groups excluding carboxylic acids is 2. The van der Waals surface area contributed by atoms with Gasteiger partial charge in [-0.1, -0.05) is 19.3 Å². The van der Waals surface area contributed by atoms with E-state index in [1.165, 1.54) is 19.3 Å². The van der Waals surface area contributed by atoms with E-state index in [9.17, 15) is 9.59 Å². The maximum absolute atomic E-state index is 13.1. The third-order valence-corrected chi connectivity index (χ3v) is 5.87. The van der Waals surface area contributed by atoms with Crippen molar-refractivity contribution in [2.75, 3.05) is 32.8 Å². The summed E-state index contributed by atoms with van der Waals surface area (Å²) in [5, 5.41) is 0. The van der Waals surface area contributed by atoms with Crippen LogP contribution in [0.25, 0.3) is 0 Å². The first-order valence-corrected chi connectivity index (χ1v) is 9.91. The molecule has 5 heteroatoms. The quantitative estimate of drug-likeness (QED) is 0.749. The van der Waals surface area contributed by atoms with E-state index >= 15 is 0 Å². The summed E-state index contributed by atoms with van der Waals surface area (Å²) in [6.45, 7) is 4.03. The van der Waals surface area contributed by atoms with Gasteiger partial charge in [-0.15, -0.1) is 0 Å². The lowest BCUT2D eigenvalue weighted by atomic mass is 9.87. The predicted molar refractivity (Wildman–Crippen MR) is 92.6 cm³/mol. The molecule has 1 aliphatic carbocycles. The number of carbonyl (C=O) groups is 2. The van der Waals surface area contributed by atoms with Crippen molar-refractivity contribution in [3.63, 3.8) is 0 Å². The fourth-order valence-electron chi connectivity index (χ4n) is 4.43. The summed E-state index contributed by atoms with van der Waals surface area (Å²) in [5.74, 6) is 0.885. The highest BCUT2D eigenvalue weighted by atomic mass is 16.5. The number of amides is 2. The number of nitrogens with zero attached hydrogens (tertiary/aromatic N) is 2. The van der Waals surface area contributed by atoms with Crippen LogP contribution in [0, 0.1) is 5.92 Å². The van der Waals surface area contributed by atoms with E-state index < -0.39 is 0 Å². The summed E-state index contributed by atoms with van der Waals surface area (Å²) in [6.07, 6.45) is 10.3. The van der Waals surface area contributed by atoms with Gasteiger partial charge in [0.15, 0.2) is 0 Å². The van der Waals surface area contributed by atoms with Gasteiger partial charge in [-0.2, -0.15) is 0 Å². The first kappa shape index (κ1) is 17.7. The van der Waals surface area contributed by atoms with E-state index in [-0.39, 0.29) is 11.8 Å². The Morgan fingerprint density at radius 2 is 1.83 bits per heavy atom. The van der Waals surface area contributed by atoms with Crippen LogP contribution in [0.1, 0.15) is 64.2 Å². The molecular formula is C19H32N2O3. The molecule has 0 aromatic carbocycles. The van der Waals surface area contributed by atoms with Crippen LogP contribution in [0.15, 0.2) is 0 Å².